The van der Waals surface area contributed by atoms with E-state index in [9.17, 15) is 0 Å². The molecule has 1 N–H and O–H groups in total. The van der Waals surface area contributed by atoms with E-state index < -0.39 is 0 Å². The highest BCUT2D eigenvalue weighted by Crippen LogP contribution is 2.24. The van der Waals surface area contributed by atoms with Gasteiger partial charge in [0.25, 0.3) is 0 Å². The standard InChI is InChI=1S/C14H23BrN2S/c1-11(2)8-12-9-17(6-3-5-16-12)10-14-13(15)4-7-18-14/h4,7,11-12,16H,3,5-6,8-10H2,1-2H3. The fraction of sp³-hybridized carbons (Fsp3) is 0.714. The van der Waals surface area contributed by atoms with Gasteiger partial charge in [0.2, 0.25) is 0 Å². The zero-order valence-corrected chi connectivity index (χ0v) is 13.7. The van der Waals surface area contributed by atoms with Gasteiger partial charge in [-0.05, 0) is 59.2 Å². The summed E-state index contributed by atoms with van der Waals surface area (Å²) in [5.41, 5.74) is 0. The van der Waals surface area contributed by atoms with E-state index in [2.05, 4.69) is 51.4 Å². The molecule has 1 aromatic rings. The summed E-state index contributed by atoms with van der Waals surface area (Å²) in [6.45, 7) is 9.28. The van der Waals surface area contributed by atoms with Crippen molar-refractivity contribution in [2.45, 2.75) is 39.3 Å². The van der Waals surface area contributed by atoms with Crippen LogP contribution in [0.2, 0.25) is 0 Å². The van der Waals surface area contributed by atoms with Crippen molar-refractivity contribution in [3.05, 3.63) is 20.8 Å². The van der Waals surface area contributed by atoms with E-state index in [-0.39, 0.29) is 0 Å². The molecule has 0 radical (unpaired) electrons. The molecule has 102 valence electrons. The Morgan fingerprint density at radius 1 is 1.56 bits per heavy atom. The second-order valence-corrected chi connectivity index (χ2v) is 7.42. The van der Waals surface area contributed by atoms with Crippen LogP contribution in [-0.2, 0) is 6.54 Å². The number of hydrogen-bond donors (Lipinski definition) is 1. The number of thiophene rings is 1. The van der Waals surface area contributed by atoms with E-state index >= 15 is 0 Å². The number of halogens is 1. The summed E-state index contributed by atoms with van der Waals surface area (Å²) >= 11 is 5.49. The zero-order valence-electron chi connectivity index (χ0n) is 11.3. The lowest BCUT2D eigenvalue weighted by molar-refractivity contribution is 0.249. The van der Waals surface area contributed by atoms with Crippen LogP contribution in [0.15, 0.2) is 15.9 Å². The Balaban J connectivity index is 1.92. The third kappa shape index (κ3) is 4.34. The lowest BCUT2D eigenvalue weighted by Gasteiger charge is -2.25. The summed E-state index contributed by atoms with van der Waals surface area (Å²) in [5, 5.41) is 5.85. The number of hydrogen-bond acceptors (Lipinski definition) is 3. The quantitative estimate of drug-likeness (QED) is 0.905. The van der Waals surface area contributed by atoms with Crippen molar-refractivity contribution in [2.24, 2.45) is 5.92 Å². The van der Waals surface area contributed by atoms with Crippen LogP contribution in [-0.4, -0.2) is 30.6 Å². The minimum atomic E-state index is 0.659. The monoisotopic (exact) mass is 330 g/mol. The van der Waals surface area contributed by atoms with Crippen molar-refractivity contribution in [3.8, 4) is 0 Å². The van der Waals surface area contributed by atoms with E-state index in [0.717, 1.165) is 12.5 Å². The summed E-state index contributed by atoms with van der Waals surface area (Å²) in [5.74, 6) is 0.774. The highest BCUT2D eigenvalue weighted by molar-refractivity contribution is 9.10. The first-order chi connectivity index (χ1) is 8.65. The fourth-order valence-electron chi connectivity index (χ4n) is 2.59. The van der Waals surface area contributed by atoms with Gasteiger partial charge in [-0.2, -0.15) is 0 Å². The van der Waals surface area contributed by atoms with Gasteiger partial charge >= 0.3 is 0 Å². The van der Waals surface area contributed by atoms with Gasteiger partial charge in [0.15, 0.2) is 0 Å². The summed E-state index contributed by atoms with van der Waals surface area (Å²) in [4.78, 5) is 4.06. The van der Waals surface area contributed by atoms with Gasteiger partial charge in [-0.1, -0.05) is 13.8 Å². The topological polar surface area (TPSA) is 15.3 Å². The molecule has 0 aromatic carbocycles. The molecule has 0 amide bonds. The highest BCUT2D eigenvalue weighted by Gasteiger charge is 2.19. The van der Waals surface area contributed by atoms with Crippen LogP contribution in [0.1, 0.15) is 31.6 Å². The molecule has 1 saturated heterocycles. The predicted molar refractivity (Wildman–Crippen MR) is 83.2 cm³/mol. The van der Waals surface area contributed by atoms with Crippen LogP contribution in [0.4, 0.5) is 0 Å². The summed E-state index contributed by atoms with van der Waals surface area (Å²) < 4.78 is 1.27. The first-order valence-corrected chi connectivity index (χ1v) is 8.50. The average molecular weight is 331 g/mol. The highest BCUT2D eigenvalue weighted by atomic mass is 79.9. The smallest absolute Gasteiger partial charge is 0.0339 e. The molecule has 18 heavy (non-hydrogen) atoms. The second kappa shape index (κ2) is 7.04. The van der Waals surface area contributed by atoms with Crippen molar-refractivity contribution < 1.29 is 0 Å². The number of rotatable bonds is 4. The molecule has 0 spiro atoms. The molecule has 2 nitrogen and oxygen atoms in total. The van der Waals surface area contributed by atoms with Crippen molar-refractivity contribution in [2.75, 3.05) is 19.6 Å². The maximum Gasteiger partial charge on any atom is 0.0339 e. The normalized spacial score (nSPS) is 22.3. The Morgan fingerprint density at radius 3 is 3.06 bits per heavy atom. The summed E-state index contributed by atoms with van der Waals surface area (Å²) in [6, 6.07) is 2.81. The van der Waals surface area contributed by atoms with E-state index in [4.69, 9.17) is 0 Å². The van der Waals surface area contributed by atoms with Crippen LogP contribution in [0.25, 0.3) is 0 Å². The molecule has 1 aliphatic heterocycles. The van der Waals surface area contributed by atoms with E-state index in [0.29, 0.717) is 6.04 Å². The van der Waals surface area contributed by atoms with Gasteiger partial charge in [0, 0.05) is 28.5 Å². The minimum absolute atomic E-state index is 0.659. The van der Waals surface area contributed by atoms with Crippen molar-refractivity contribution in [1.29, 1.82) is 0 Å². The molecule has 0 aliphatic carbocycles. The maximum absolute atomic E-state index is 3.69. The Bertz CT molecular complexity index is 364. The van der Waals surface area contributed by atoms with Gasteiger partial charge in [0.1, 0.15) is 0 Å². The molecular formula is C14H23BrN2S. The zero-order chi connectivity index (χ0) is 13.0. The second-order valence-electron chi connectivity index (χ2n) is 5.56. The molecule has 1 fully saturated rings. The van der Waals surface area contributed by atoms with Crippen LogP contribution in [0.5, 0.6) is 0 Å². The molecule has 0 bridgehead atoms. The Kier molecular flexibility index (Phi) is 5.67. The van der Waals surface area contributed by atoms with Crippen LogP contribution in [0.3, 0.4) is 0 Å². The molecule has 4 heteroatoms. The molecule has 1 unspecified atom stereocenters. The molecule has 2 rings (SSSR count). The van der Waals surface area contributed by atoms with Crippen molar-refractivity contribution in [1.82, 2.24) is 10.2 Å². The van der Waals surface area contributed by atoms with Crippen molar-refractivity contribution >= 4 is 27.3 Å². The first kappa shape index (κ1) is 14.5. The van der Waals surface area contributed by atoms with Crippen LogP contribution >= 0.6 is 27.3 Å². The van der Waals surface area contributed by atoms with Crippen LogP contribution < -0.4 is 5.32 Å². The first-order valence-electron chi connectivity index (χ1n) is 6.82. The maximum atomic E-state index is 3.69. The Hall–Kier alpha value is 0.1000. The van der Waals surface area contributed by atoms with Gasteiger partial charge in [-0.3, -0.25) is 4.90 Å². The predicted octanol–water partition coefficient (Wildman–Crippen LogP) is 3.72. The summed E-state index contributed by atoms with van der Waals surface area (Å²) in [7, 11) is 0. The number of nitrogens with zero attached hydrogens (tertiary/aromatic N) is 1. The Morgan fingerprint density at radius 2 is 2.39 bits per heavy atom. The molecule has 2 heterocycles. The number of nitrogens with one attached hydrogen (secondary N) is 1. The molecule has 1 atom stereocenters. The van der Waals surface area contributed by atoms with E-state index in [1.165, 1.54) is 41.8 Å². The fourth-order valence-corrected chi connectivity index (χ4v) is 4.11. The van der Waals surface area contributed by atoms with Gasteiger partial charge in [0.05, 0.1) is 0 Å². The molecular weight excluding hydrogens is 308 g/mol. The molecule has 1 aliphatic rings. The lowest BCUT2D eigenvalue weighted by Crippen LogP contribution is -2.38. The lowest BCUT2D eigenvalue weighted by atomic mass is 10.0. The largest absolute Gasteiger partial charge is 0.313 e. The third-order valence-corrected chi connectivity index (χ3v) is 5.29. The van der Waals surface area contributed by atoms with E-state index in [1.807, 2.05) is 11.3 Å². The van der Waals surface area contributed by atoms with Gasteiger partial charge in [-0.15, -0.1) is 11.3 Å². The summed E-state index contributed by atoms with van der Waals surface area (Å²) in [6.07, 6.45) is 2.54. The van der Waals surface area contributed by atoms with Gasteiger partial charge in [-0.25, -0.2) is 0 Å². The van der Waals surface area contributed by atoms with Gasteiger partial charge < -0.3 is 5.32 Å². The third-order valence-electron chi connectivity index (χ3n) is 3.38. The van der Waals surface area contributed by atoms with Crippen LogP contribution in [0, 0.1) is 5.92 Å². The molecule has 1 aromatic heterocycles. The average Bonchev–Trinajstić information content (AvgIpc) is 2.58. The van der Waals surface area contributed by atoms with Crippen molar-refractivity contribution in [3.63, 3.8) is 0 Å². The Labute approximate surface area is 123 Å². The molecule has 0 saturated carbocycles. The van der Waals surface area contributed by atoms with E-state index in [1.54, 1.807) is 0 Å². The SMILES string of the molecule is CC(C)CC1CN(Cc2sccc2Br)CCCN1. The minimum Gasteiger partial charge on any atom is -0.313 e.